The normalized spacial score (nSPS) is 11.1. The first-order valence-electron chi connectivity index (χ1n) is 5.79. The van der Waals surface area contributed by atoms with Gasteiger partial charge in [0.25, 0.3) is 0 Å². The molecule has 1 heterocycles. The van der Waals surface area contributed by atoms with Gasteiger partial charge >= 0.3 is 0 Å². The summed E-state index contributed by atoms with van der Waals surface area (Å²) in [6.45, 7) is 0. The van der Waals surface area contributed by atoms with Gasteiger partial charge in [0.15, 0.2) is 0 Å². The average molecular weight is 251 g/mol. The van der Waals surface area contributed by atoms with E-state index < -0.39 is 0 Å². The quantitative estimate of drug-likeness (QED) is 0.477. The molecule has 0 spiro atoms. The number of carbonyl (C=O) groups excluding carboxylic acids is 1. The molecule has 0 fully saturated rings. The molecular formula is C15H13N3O. The first-order valence-corrected chi connectivity index (χ1v) is 5.79. The van der Waals surface area contributed by atoms with Crippen molar-refractivity contribution in [2.24, 2.45) is 0 Å². The fourth-order valence-electron chi connectivity index (χ4n) is 1.76. The fraction of sp³-hybridized carbons (Fsp3) is 0.133. The molecule has 0 saturated heterocycles. The van der Waals surface area contributed by atoms with Crippen molar-refractivity contribution in [3.05, 3.63) is 53.9 Å². The highest BCUT2D eigenvalue weighted by Crippen LogP contribution is 2.16. The second-order valence-electron chi connectivity index (χ2n) is 4.36. The van der Waals surface area contributed by atoms with Crippen LogP contribution >= 0.6 is 0 Å². The van der Waals surface area contributed by atoms with Gasteiger partial charge in [-0.2, -0.15) is 5.26 Å². The van der Waals surface area contributed by atoms with Gasteiger partial charge in [-0.25, -0.2) is 0 Å². The lowest BCUT2D eigenvalue weighted by atomic mass is 10.0. The molecule has 2 aromatic rings. The summed E-state index contributed by atoms with van der Waals surface area (Å²) in [6.07, 6.45) is 3.20. The number of nitrogens with zero attached hydrogens (tertiary/aromatic N) is 3. The van der Waals surface area contributed by atoms with Crippen LogP contribution in [0.4, 0.5) is 0 Å². The Bertz CT molecular complexity index is 696. The van der Waals surface area contributed by atoms with Gasteiger partial charge < -0.3 is 4.90 Å². The number of benzene rings is 1. The lowest BCUT2D eigenvalue weighted by Gasteiger charge is -2.06. The fourth-order valence-corrected chi connectivity index (χ4v) is 1.76. The molecule has 1 aromatic heterocycles. The molecule has 94 valence electrons. The minimum Gasteiger partial charge on any atom is -0.382 e. The Kier molecular flexibility index (Phi) is 3.58. The van der Waals surface area contributed by atoms with Gasteiger partial charge in [0.05, 0.1) is 5.52 Å². The molecule has 0 radical (unpaired) electrons. The van der Waals surface area contributed by atoms with Crippen LogP contribution in [0, 0.1) is 11.3 Å². The largest absolute Gasteiger partial charge is 0.382 e. The Hall–Kier alpha value is -2.67. The standard InChI is InChI=1S/C15H13N3O/c1-18(2)10-13(9-16)15(19)12-6-5-11-4-3-7-17-14(11)8-12/h3-8,10H,1-2H3/b13-10+. The van der Waals surface area contributed by atoms with Crippen LogP contribution in [0.5, 0.6) is 0 Å². The second-order valence-corrected chi connectivity index (χ2v) is 4.36. The van der Waals surface area contributed by atoms with Crippen molar-refractivity contribution in [3.63, 3.8) is 0 Å². The van der Waals surface area contributed by atoms with Crippen molar-refractivity contribution in [1.29, 1.82) is 5.26 Å². The topological polar surface area (TPSA) is 57.0 Å². The van der Waals surface area contributed by atoms with Gasteiger partial charge in [-0.15, -0.1) is 0 Å². The molecule has 4 nitrogen and oxygen atoms in total. The van der Waals surface area contributed by atoms with Gasteiger partial charge in [-0.1, -0.05) is 18.2 Å². The lowest BCUT2D eigenvalue weighted by molar-refractivity contribution is 0.103. The van der Waals surface area contributed by atoms with Gasteiger partial charge in [0.1, 0.15) is 11.6 Å². The number of hydrogen-bond acceptors (Lipinski definition) is 4. The van der Waals surface area contributed by atoms with Crippen LogP contribution in [0.15, 0.2) is 48.3 Å². The number of hydrogen-bond donors (Lipinski definition) is 0. The van der Waals surface area contributed by atoms with Crippen molar-refractivity contribution in [1.82, 2.24) is 9.88 Å². The van der Waals surface area contributed by atoms with E-state index in [1.807, 2.05) is 24.3 Å². The smallest absolute Gasteiger partial charge is 0.205 e. The highest BCUT2D eigenvalue weighted by atomic mass is 16.1. The van der Waals surface area contributed by atoms with E-state index in [0.717, 1.165) is 10.9 Å². The Morgan fingerprint density at radius 2 is 2.16 bits per heavy atom. The maximum absolute atomic E-state index is 12.2. The molecule has 0 aliphatic heterocycles. The Balaban J connectivity index is 2.44. The SMILES string of the molecule is CN(C)/C=C(\C#N)C(=O)c1ccc2cccnc2c1. The number of carbonyl (C=O) groups is 1. The summed E-state index contributed by atoms with van der Waals surface area (Å²) in [5.74, 6) is -0.288. The molecular weight excluding hydrogens is 238 g/mol. The predicted molar refractivity (Wildman–Crippen MR) is 73.5 cm³/mol. The summed E-state index contributed by atoms with van der Waals surface area (Å²) < 4.78 is 0. The second kappa shape index (κ2) is 5.32. The van der Waals surface area contributed by atoms with Gasteiger partial charge in [-0.05, 0) is 12.1 Å². The van der Waals surface area contributed by atoms with E-state index >= 15 is 0 Å². The number of aromatic nitrogens is 1. The third-order valence-electron chi connectivity index (χ3n) is 2.62. The molecule has 0 aliphatic carbocycles. The van der Waals surface area contributed by atoms with Crippen LogP contribution in [0.2, 0.25) is 0 Å². The van der Waals surface area contributed by atoms with Crippen molar-refractivity contribution in [3.8, 4) is 6.07 Å². The minimum absolute atomic E-state index is 0.111. The van der Waals surface area contributed by atoms with E-state index in [9.17, 15) is 4.79 Å². The molecule has 0 amide bonds. The molecule has 4 heteroatoms. The Morgan fingerprint density at radius 1 is 1.37 bits per heavy atom. The monoisotopic (exact) mass is 251 g/mol. The third kappa shape index (κ3) is 2.78. The summed E-state index contributed by atoms with van der Waals surface area (Å²) >= 11 is 0. The van der Waals surface area contributed by atoms with Crippen LogP contribution in [0.1, 0.15) is 10.4 Å². The minimum atomic E-state index is -0.288. The van der Waals surface area contributed by atoms with Crippen LogP contribution < -0.4 is 0 Å². The molecule has 2 rings (SSSR count). The van der Waals surface area contributed by atoms with E-state index in [1.54, 1.807) is 37.3 Å². The summed E-state index contributed by atoms with van der Waals surface area (Å²) in [6, 6.07) is 11.0. The van der Waals surface area contributed by atoms with E-state index in [-0.39, 0.29) is 11.4 Å². The zero-order valence-corrected chi connectivity index (χ0v) is 10.8. The molecule has 0 bridgehead atoms. The van der Waals surface area contributed by atoms with E-state index in [1.165, 1.54) is 6.20 Å². The number of pyridine rings is 1. The number of allylic oxidation sites excluding steroid dienone is 1. The van der Waals surface area contributed by atoms with E-state index in [4.69, 9.17) is 5.26 Å². The predicted octanol–water partition coefficient (Wildman–Crippen LogP) is 2.39. The van der Waals surface area contributed by atoms with Crippen LogP contribution in [-0.2, 0) is 0 Å². The molecule has 19 heavy (non-hydrogen) atoms. The number of ketones is 1. The number of Topliss-reactive ketones (excluding diaryl/α,β-unsaturated/α-hetero) is 1. The molecule has 0 aliphatic rings. The van der Waals surface area contributed by atoms with Crippen LogP contribution in [0.3, 0.4) is 0 Å². The van der Waals surface area contributed by atoms with E-state index in [0.29, 0.717) is 5.56 Å². The molecule has 0 N–H and O–H groups in total. The molecule has 0 saturated carbocycles. The Labute approximate surface area is 111 Å². The van der Waals surface area contributed by atoms with Crippen LogP contribution in [-0.4, -0.2) is 29.8 Å². The van der Waals surface area contributed by atoms with Crippen LogP contribution in [0.25, 0.3) is 10.9 Å². The van der Waals surface area contributed by atoms with E-state index in [2.05, 4.69) is 4.98 Å². The van der Waals surface area contributed by atoms with Crippen molar-refractivity contribution < 1.29 is 4.79 Å². The molecule has 0 unspecified atom stereocenters. The number of rotatable bonds is 3. The van der Waals surface area contributed by atoms with Crippen molar-refractivity contribution in [2.45, 2.75) is 0 Å². The average Bonchev–Trinajstić information content (AvgIpc) is 2.43. The highest BCUT2D eigenvalue weighted by Gasteiger charge is 2.13. The maximum atomic E-state index is 12.2. The summed E-state index contributed by atoms with van der Waals surface area (Å²) in [5, 5.41) is 10.0. The molecule has 0 atom stereocenters. The summed E-state index contributed by atoms with van der Waals surface area (Å²) in [5.41, 5.74) is 1.33. The number of fused-ring (bicyclic) bond motifs is 1. The maximum Gasteiger partial charge on any atom is 0.205 e. The molecule has 1 aromatic carbocycles. The first kappa shape index (κ1) is 12.8. The van der Waals surface area contributed by atoms with Gasteiger partial charge in [-0.3, -0.25) is 9.78 Å². The summed E-state index contributed by atoms with van der Waals surface area (Å²) in [4.78, 5) is 18.1. The zero-order chi connectivity index (χ0) is 13.8. The Morgan fingerprint density at radius 3 is 2.84 bits per heavy atom. The van der Waals surface area contributed by atoms with Gasteiger partial charge in [0.2, 0.25) is 5.78 Å². The number of nitriles is 1. The third-order valence-corrected chi connectivity index (χ3v) is 2.62. The lowest BCUT2D eigenvalue weighted by Crippen LogP contribution is -2.08. The highest BCUT2D eigenvalue weighted by molar-refractivity contribution is 6.12. The van der Waals surface area contributed by atoms with Gasteiger partial charge in [0, 0.05) is 37.4 Å². The zero-order valence-electron chi connectivity index (χ0n) is 10.8. The first-order chi connectivity index (χ1) is 9.11. The van der Waals surface area contributed by atoms with Crippen molar-refractivity contribution >= 4 is 16.7 Å². The van der Waals surface area contributed by atoms with Crippen molar-refractivity contribution in [2.75, 3.05) is 14.1 Å². The summed E-state index contributed by atoms with van der Waals surface area (Å²) in [7, 11) is 3.54.